The van der Waals surface area contributed by atoms with Crippen molar-refractivity contribution in [2.45, 2.75) is 25.8 Å². The number of anilines is 2. The number of pyridine rings is 1. The maximum atomic E-state index is 11.7. The molecule has 0 aliphatic carbocycles. The zero-order valence-electron chi connectivity index (χ0n) is 14.6. The van der Waals surface area contributed by atoms with E-state index in [0.29, 0.717) is 11.3 Å². The van der Waals surface area contributed by atoms with Crippen molar-refractivity contribution in [1.29, 1.82) is 0 Å². The van der Waals surface area contributed by atoms with E-state index in [0.717, 1.165) is 25.9 Å². The molecular weight excluding hydrogens is 324 g/mol. The SMILES string of the molecule is CC(=O)Nc1nc2cc(C(=O)O)c(N(C)C3CCN(C)CC3)cn2n1. The highest BCUT2D eigenvalue weighted by Crippen LogP contribution is 2.26. The fourth-order valence-corrected chi connectivity index (χ4v) is 3.16. The molecule has 0 radical (unpaired) electrons. The van der Waals surface area contributed by atoms with E-state index in [1.54, 1.807) is 6.20 Å². The Balaban J connectivity index is 1.98. The van der Waals surface area contributed by atoms with Crippen LogP contribution in [0, 0.1) is 0 Å². The van der Waals surface area contributed by atoms with Gasteiger partial charge in [-0.2, -0.15) is 4.98 Å². The Bertz CT molecular complexity index is 810. The second-order valence-electron chi connectivity index (χ2n) is 6.44. The lowest BCUT2D eigenvalue weighted by molar-refractivity contribution is -0.114. The number of amides is 1. The largest absolute Gasteiger partial charge is 0.478 e. The first-order valence-electron chi connectivity index (χ1n) is 8.18. The summed E-state index contributed by atoms with van der Waals surface area (Å²) in [6, 6.07) is 1.76. The van der Waals surface area contributed by atoms with E-state index in [4.69, 9.17) is 0 Å². The molecule has 3 heterocycles. The highest BCUT2D eigenvalue weighted by atomic mass is 16.4. The molecule has 0 saturated carbocycles. The summed E-state index contributed by atoms with van der Waals surface area (Å²) >= 11 is 0. The molecule has 25 heavy (non-hydrogen) atoms. The van der Waals surface area contributed by atoms with Crippen LogP contribution in [0.25, 0.3) is 5.65 Å². The fourth-order valence-electron chi connectivity index (χ4n) is 3.16. The molecule has 1 aliphatic heterocycles. The van der Waals surface area contributed by atoms with Crippen molar-refractivity contribution in [2.75, 3.05) is 37.4 Å². The highest BCUT2D eigenvalue weighted by Gasteiger charge is 2.25. The Kier molecular flexibility index (Phi) is 4.58. The fraction of sp³-hybridized carbons (Fsp3) is 0.500. The van der Waals surface area contributed by atoms with E-state index in [1.807, 2.05) is 11.9 Å². The molecule has 134 valence electrons. The van der Waals surface area contributed by atoms with Gasteiger partial charge in [-0.3, -0.25) is 10.1 Å². The summed E-state index contributed by atoms with van der Waals surface area (Å²) in [4.78, 5) is 31.3. The van der Waals surface area contributed by atoms with Crippen molar-refractivity contribution >= 4 is 29.2 Å². The molecule has 3 rings (SSSR count). The normalized spacial score (nSPS) is 16.1. The summed E-state index contributed by atoms with van der Waals surface area (Å²) in [5, 5.41) is 16.3. The van der Waals surface area contributed by atoms with Crippen LogP contribution in [0.4, 0.5) is 11.6 Å². The number of carboxylic acids is 1. The average molecular weight is 346 g/mol. The van der Waals surface area contributed by atoms with Crippen molar-refractivity contribution in [1.82, 2.24) is 19.5 Å². The Labute approximate surface area is 145 Å². The molecule has 9 heteroatoms. The number of fused-ring (bicyclic) bond motifs is 1. The number of rotatable bonds is 4. The minimum atomic E-state index is -1.01. The van der Waals surface area contributed by atoms with Gasteiger partial charge in [0.1, 0.15) is 0 Å². The summed E-state index contributed by atoms with van der Waals surface area (Å²) in [6.45, 7) is 3.33. The summed E-state index contributed by atoms with van der Waals surface area (Å²) in [6.07, 6.45) is 3.60. The molecule has 1 aliphatic rings. The van der Waals surface area contributed by atoms with Gasteiger partial charge in [-0.25, -0.2) is 9.31 Å². The van der Waals surface area contributed by atoms with E-state index in [9.17, 15) is 14.7 Å². The molecule has 1 fully saturated rings. The number of nitrogens with zero attached hydrogens (tertiary/aromatic N) is 5. The lowest BCUT2D eigenvalue weighted by Crippen LogP contribution is -2.42. The first-order valence-corrected chi connectivity index (χ1v) is 8.18. The van der Waals surface area contributed by atoms with Gasteiger partial charge in [0, 0.05) is 20.0 Å². The zero-order valence-corrected chi connectivity index (χ0v) is 14.6. The van der Waals surface area contributed by atoms with Gasteiger partial charge in [-0.1, -0.05) is 0 Å². The molecule has 0 aromatic carbocycles. The van der Waals surface area contributed by atoms with E-state index in [2.05, 4.69) is 27.3 Å². The lowest BCUT2D eigenvalue weighted by Gasteiger charge is -2.36. The van der Waals surface area contributed by atoms with Crippen LogP contribution < -0.4 is 10.2 Å². The maximum absolute atomic E-state index is 11.7. The quantitative estimate of drug-likeness (QED) is 0.848. The van der Waals surface area contributed by atoms with Gasteiger partial charge in [0.05, 0.1) is 17.4 Å². The number of carboxylic acid groups (broad SMARTS) is 1. The van der Waals surface area contributed by atoms with Crippen molar-refractivity contribution < 1.29 is 14.7 Å². The van der Waals surface area contributed by atoms with Crippen LogP contribution in [0.5, 0.6) is 0 Å². The van der Waals surface area contributed by atoms with Gasteiger partial charge in [-0.05, 0) is 39.0 Å². The van der Waals surface area contributed by atoms with Crippen molar-refractivity contribution in [3.8, 4) is 0 Å². The number of nitrogens with one attached hydrogen (secondary N) is 1. The lowest BCUT2D eigenvalue weighted by atomic mass is 10.0. The van der Waals surface area contributed by atoms with Crippen LogP contribution in [0.15, 0.2) is 12.3 Å². The minimum Gasteiger partial charge on any atom is -0.478 e. The van der Waals surface area contributed by atoms with Gasteiger partial charge in [0.25, 0.3) is 0 Å². The van der Waals surface area contributed by atoms with E-state index >= 15 is 0 Å². The topological polar surface area (TPSA) is 103 Å². The van der Waals surface area contributed by atoms with Crippen LogP contribution in [0.3, 0.4) is 0 Å². The first-order chi connectivity index (χ1) is 11.8. The van der Waals surface area contributed by atoms with Crippen molar-refractivity contribution in [2.24, 2.45) is 0 Å². The second kappa shape index (κ2) is 6.67. The Morgan fingerprint density at radius 3 is 2.64 bits per heavy atom. The van der Waals surface area contributed by atoms with Crippen LogP contribution >= 0.6 is 0 Å². The van der Waals surface area contributed by atoms with Gasteiger partial charge in [0.15, 0.2) is 5.65 Å². The maximum Gasteiger partial charge on any atom is 0.338 e. The number of aromatic nitrogens is 3. The summed E-state index contributed by atoms with van der Waals surface area (Å²) < 4.78 is 1.50. The number of carbonyl (C=O) groups is 2. The summed E-state index contributed by atoms with van der Waals surface area (Å²) in [5.41, 5.74) is 1.14. The number of hydrogen-bond donors (Lipinski definition) is 2. The average Bonchev–Trinajstić information content (AvgIpc) is 2.93. The summed E-state index contributed by atoms with van der Waals surface area (Å²) in [5.74, 6) is -1.14. The van der Waals surface area contributed by atoms with Crippen LogP contribution in [0.2, 0.25) is 0 Å². The van der Waals surface area contributed by atoms with Crippen LogP contribution in [-0.4, -0.2) is 69.7 Å². The van der Waals surface area contributed by atoms with Crippen molar-refractivity contribution in [3.05, 3.63) is 17.8 Å². The molecule has 2 N–H and O–H groups in total. The number of hydrogen-bond acceptors (Lipinski definition) is 6. The summed E-state index contributed by atoms with van der Waals surface area (Å²) in [7, 11) is 4.00. The zero-order chi connectivity index (χ0) is 18.1. The molecule has 2 aromatic heterocycles. The van der Waals surface area contributed by atoms with E-state index in [-0.39, 0.29) is 23.5 Å². The number of likely N-dealkylation sites (tertiary alicyclic amines) is 1. The molecule has 0 atom stereocenters. The highest BCUT2D eigenvalue weighted by molar-refractivity contribution is 5.95. The number of piperidine rings is 1. The van der Waals surface area contributed by atoms with Crippen molar-refractivity contribution in [3.63, 3.8) is 0 Å². The third kappa shape index (κ3) is 3.55. The predicted molar refractivity (Wildman–Crippen MR) is 93.2 cm³/mol. The van der Waals surface area contributed by atoms with E-state index < -0.39 is 5.97 Å². The van der Waals surface area contributed by atoms with E-state index in [1.165, 1.54) is 17.5 Å². The molecule has 2 aromatic rings. The molecular formula is C16H22N6O3. The Morgan fingerprint density at radius 2 is 2.04 bits per heavy atom. The first kappa shape index (κ1) is 17.2. The molecule has 0 spiro atoms. The smallest absolute Gasteiger partial charge is 0.338 e. The van der Waals surface area contributed by atoms with Gasteiger partial charge in [-0.15, -0.1) is 5.10 Å². The number of aromatic carboxylic acids is 1. The molecule has 1 saturated heterocycles. The monoisotopic (exact) mass is 346 g/mol. The molecule has 0 unspecified atom stereocenters. The second-order valence-corrected chi connectivity index (χ2v) is 6.44. The third-order valence-electron chi connectivity index (χ3n) is 4.59. The minimum absolute atomic E-state index is 0.155. The van der Waals surface area contributed by atoms with Crippen LogP contribution in [0.1, 0.15) is 30.1 Å². The predicted octanol–water partition coefficient (Wildman–Crippen LogP) is 0.916. The van der Waals surface area contributed by atoms with Gasteiger partial charge < -0.3 is 14.9 Å². The van der Waals surface area contributed by atoms with Crippen LogP contribution in [-0.2, 0) is 4.79 Å². The standard InChI is InChI=1S/C16H22N6O3/c1-10(23)17-16-18-14-8-12(15(24)25)13(9-22(14)19-16)21(3)11-4-6-20(2)7-5-11/h8-9,11H,4-7H2,1-3H3,(H,24,25)(H,17,19,23). The molecule has 9 nitrogen and oxygen atoms in total. The Hall–Kier alpha value is -2.68. The Morgan fingerprint density at radius 1 is 1.36 bits per heavy atom. The third-order valence-corrected chi connectivity index (χ3v) is 4.59. The number of carbonyl (C=O) groups excluding carboxylic acids is 1. The van der Waals surface area contributed by atoms with Gasteiger partial charge in [0.2, 0.25) is 11.9 Å². The molecule has 0 bridgehead atoms. The molecule has 1 amide bonds. The van der Waals surface area contributed by atoms with Gasteiger partial charge >= 0.3 is 5.97 Å².